The molecule has 3 N–H and O–H groups in total. The van der Waals surface area contributed by atoms with Gasteiger partial charge in [0.25, 0.3) is 11.6 Å². The van der Waals surface area contributed by atoms with Gasteiger partial charge in [0.05, 0.1) is 4.92 Å². The van der Waals surface area contributed by atoms with Gasteiger partial charge in [-0.3, -0.25) is 14.9 Å². The highest BCUT2D eigenvalue weighted by Gasteiger charge is 2.22. The van der Waals surface area contributed by atoms with Crippen LogP contribution in [0.15, 0.2) is 48.5 Å². The van der Waals surface area contributed by atoms with Crippen molar-refractivity contribution in [1.82, 2.24) is 5.32 Å². The quantitative estimate of drug-likeness (QED) is 0.506. The number of nitrogen functional groups attached to an aromatic ring is 1. The van der Waals surface area contributed by atoms with Gasteiger partial charge in [-0.05, 0) is 37.1 Å². The maximum atomic E-state index is 12.4. The van der Waals surface area contributed by atoms with Crippen molar-refractivity contribution in [1.29, 1.82) is 0 Å². The summed E-state index contributed by atoms with van der Waals surface area (Å²) in [6, 6.07) is 14.4. The second-order valence-corrected chi connectivity index (χ2v) is 6.10. The maximum absolute atomic E-state index is 12.4. The van der Waals surface area contributed by atoms with E-state index >= 15 is 0 Å². The van der Waals surface area contributed by atoms with Gasteiger partial charge >= 0.3 is 0 Å². The Hall–Kier alpha value is -3.09. The summed E-state index contributed by atoms with van der Waals surface area (Å²) >= 11 is 0. The van der Waals surface area contributed by atoms with E-state index in [-0.39, 0.29) is 28.9 Å². The third-order valence-electron chi connectivity index (χ3n) is 4.44. The number of nitro benzene ring substituents is 1. The van der Waals surface area contributed by atoms with Gasteiger partial charge in [0, 0.05) is 36.4 Å². The lowest BCUT2D eigenvalue weighted by Gasteiger charge is -2.34. The number of nitrogens with two attached hydrogens (primary N) is 1. The number of carbonyl (C=O) groups excluding carboxylic acids is 1. The molecule has 2 aromatic carbocycles. The van der Waals surface area contributed by atoms with E-state index in [1.54, 1.807) is 0 Å². The van der Waals surface area contributed by atoms with Gasteiger partial charge in [0.15, 0.2) is 0 Å². The number of para-hydroxylation sites is 1. The third kappa shape index (κ3) is 3.88. The molecule has 1 aliphatic heterocycles. The Balaban J connectivity index is 1.60. The first-order valence-electron chi connectivity index (χ1n) is 8.19. The minimum absolute atomic E-state index is 0.0534. The Morgan fingerprint density at radius 2 is 1.84 bits per heavy atom. The zero-order valence-electron chi connectivity index (χ0n) is 13.7. The summed E-state index contributed by atoms with van der Waals surface area (Å²) in [7, 11) is 0. The molecule has 0 aromatic heterocycles. The summed E-state index contributed by atoms with van der Waals surface area (Å²) in [6.07, 6.45) is 1.66. The predicted molar refractivity (Wildman–Crippen MR) is 96.7 cm³/mol. The zero-order valence-corrected chi connectivity index (χ0v) is 13.7. The lowest BCUT2D eigenvalue weighted by molar-refractivity contribution is -0.383. The fraction of sp³-hybridized carbons (Fsp3) is 0.278. The lowest BCUT2D eigenvalue weighted by Crippen LogP contribution is -2.44. The van der Waals surface area contributed by atoms with Crippen LogP contribution in [0.1, 0.15) is 23.2 Å². The molecule has 1 amide bonds. The van der Waals surface area contributed by atoms with Crippen molar-refractivity contribution in [2.24, 2.45) is 0 Å². The molecule has 0 radical (unpaired) electrons. The number of piperidine rings is 1. The normalized spacial score (nSPS) is 15.0. The molecule has 2 aromatic rings. The summed E-state index contributed by atoms with van der Waals surface area (Å²) in [4.78, 5) is 25.0. The molecular formula is C18H20N4O3. The number of carbonyl (C=O) groups is 1. The standard InChI is InChI=1S/C18H20N4O3/c19-16-7-6-13(12-17(16)22(24)25)18(23)20-14-8-10-21(11-9-14)15-4-2-1-3-5-15/h1-7,12,14H,8-11,19H2,(H,20,23). The fourth-order valence-corrected chi connectivity index (χ4v) is 3.03. The third-order valence-corrected chi connectivity index (χ3v) is 4.44. The molecule has 0 spiro atoms. The molecule has 1 saturated heterocycles. The molecule has 130 valence electrons. The first kappa shape index (κ1) is 16.8. The van der Waals surface area contributed by atoms with Crippen LogP contribution in [0.5, 0.6) is 0 Å². The molecule has 3 rings (SSSR count). The summed E-state index contributed by atoms with van der Waals surface area (Å²) in [5, 5.41) is 13.9. The van der Waals surface area contributed by atoms with E-state index in [9.17, 15) is 14.9 Å². The number of rotatable bonds is 4. The SMILES string of the molecule is Nc1ccc(C(=O)NC2CCN(c3ccccc3)CC2)cc1[N+](=O)[O-]. The minimum Gasteiger partial charge on any atom is -0.393 e. The second kappa shape index (κ2) is 7.21. The number of anilines is 2. The first-order valence-corrected chi connectivity index (χ1v) is 8.19. The first-order chi connectivity index (χ1) is 12.0. The van der Waals surface area contributed by atoms with Gasteiger partial charge in [-0.15, -0.1) is 0 Å². The highest BCUT2D eigenvalue weighted by atomic mass is 16.6. The van der Waals surface area contributed by atoms with Crippen LogP contribution in [0, 0.1) is 10.1 Å². The van der Waals surface area contributed by atoms with E-state index in [1.165, 1.54) is 23.9 Å². The van der Waals surface area contributed by atoms with E-state index in [2.05, 4.69) is 22.3 Å². The predicted octanol–water partition coefficient (Wildman–Crippen LogP) is 2.58. The molecule has 0 saturated carbocycles. The Kier molecular flexibility index (Phi) is 4.83. The van der Waals surface area contributed by atoms with Crippen molar-refractivity contribution < 1.29 is 9.72 Å². The van der Waals surface area contributed by atoms with Gasteiger partial charge in [-0.25, -0.2) is 0 Å². The minimum atomic E-state index is -0.579. The molecule has 7 heteroatoms. The fourth-order valence-electron chi connectivity index (χ4n) is 3.03. The number of hydrogen-bond donors (Lipinski definition) is 2. The van der Waals surface area contributed by atoms with Crippen molar-refractivity contribution in [2.45, 2.75) is 18.9 Å². The van der Waals surface area contributed by atoms with E-state index in [1.807, 2.05) is 18.2 Å². The van der Waals surface area contributed by atoms with E-state index < -0.39 is 4.92 Å². The van der Waals surface area contributed by atoms with Crippen molar-refractivity contribution >= 4 is 23.0 Å². The van der Waals surface area contributed by atoms with Crippen LogP contribution in [0.3, 0.4) is 0 Å². The largest absolute Gasteiger partial charge is 0.393 e. The highest BCUT2D eigenvalue weighted by Crippen LogP contribution is 2.23. The van der Waals surface area contributed by atoms with Crippen molar-refractivity contribution in [3.8, 4) is 0 Å². The Morgan fingerprint density at radius 1 is 1.16 bits per heavy atom. The van der Waals surface area contributed by atoms with Crippen LogP contribution in [-0.4, -0.2) is 30.0 Å². The van der Waals surface area contributed by atoms with E-state index in [0.29, 0.717) is 0 Å². The van der Waals surface area contributed by atoms with Crippen LogP contribution in [0.2, 0.25) is 0 Å². The van der Waals surface area contributed by atoms with Crippen LogP contribution < -0.4 is 16.0 Å². The molecule has 0 unspecified atom stereocenters. The zero-order chi connectivity index (χ0) is 17.8. The molecule has 1 aliphatic rings. The van der Waals surface area contributed by atoms with Gasteiger partial charge in [0.2, 0.25) is 0 Å². The summed E-state index contributed by atoms with van der Waals surface area (Å²) in [5.74, 6) is -0.304. The van der Waals surface area contributed by atoms with Gasteiger partial charge in [-0.1, -0.05) is 18.2 Å². The molecular weight excluding hydrogens is 320 g/mol. The van der Waals surface area contributed by atoms with Crippen molar-refractivity contribution in [3.63, 3.8) is 0 Å². The number of nitro groups is 1. The van der Waals surface area contributed by atoms with Gasteiger partial charge < -0.3 is 16.0 Å². The Labute approximate surface area is 145 Å². The Bertz CT molecular complexity index is 771. The molecule has 1 heterocycles. The lowest BCUT2D eigenvalue weighted by atomic mass is 10.0. The number of amides is 1. The number of nitrogens with zero attached hydrogens (tertiary/aromatic N) is 2. The maximum Gasteiger partial charge on any atom is 0.292 e. The van der Waals surface area contributed by atoms with Crippen LogP contribution in [0.4, 0.5) is 17.1 Å². The number of benzene rings is 2. The van der Waals surface area contributed by atoms with Crippen molar-refractivity contribution in [3.05, 3.63) is 64.2 Å². The molecule has 1 fully saturated rings. The highest BCUT2D eigenvalue weighted by molar-refractivity contribution is 5.95. The monoisotopic (exact) mass is 340 g/mol. The van der Waals surface area contributed by atoms with Crippen LogP contribution >= 0.6 is 0 Å². The summed E-state index contributed by atoms with van der Waals surface area (Å²) in [5.41, 5.74) is 6.81. The topological polar surface area (TPSA) is 102 Å². The molecule has 0 atom stereocenters. The smallest absolute Gasteiger partial charge is 0.292 e. The average Bonchev–Trinajstić information content (AvgIpc) is 2.63. The number of nitrogens with one attached hydrogen (secondary N) is 1. The molecule has 25 heavy (non-hydrogen) atoms. The van der Waals surface area contributed by atoms with E-state index in [4.69, 9.17) is 5.73 Å². The second-order valence-electron chi connectivity index (χ2n) is 6.10. The molecule has 7 nitrogen and oxygen atoms in total. The molecule has 0 aliphatic carbocycles. The van der Waals surface area contributed by atoms with Crippen molar-refractivity contribution in [2.75, 3.05) is 23.7 Å². The summed E-state index contributed by atoms with van der Waals surface area (Å²) < 4.78 is 0. The molecule has 0 bridgehead atoms. The van der Waals surface area contributed by atoms with E-state index in [0.717, 1.165) is 25.9 Å². The van der Waals surface area contributed by atoms with Gasteiger partial charge in [0.1, 0.15) is 5.69 Å². The van der Waals surface area contributed by atoms with Crippen LogP contribution in [-0.2, 0) is 0 Å². The average molecular weight is 340 g/mol. The number of hydrogen-bond acceptors (Lipinski definition) is 5. The summed E-state index contributed by atoms with van der Waals surface area (Å²) in [6.45, 7) is 1.72. The van der Waals surface area contributed by atoms with Gasteiger partial charge in [-0.2, -0.15) is 0 Å². The Morgan fingerprint density at radius 3 is 2.48 bits per heavy atom. The van der Waals surface area contributed by atoms with Crippen LogP contribution in [0.25, 0.3) is 0 Å².